The van der Waals surface area contributed by atoms with Gasteiger partial charge in [0.2, 0.25) is 11.6 Å². The molecule has 0 unspecified atom stereocenters. The zero-order valence-corrected chi connectivity index (χ0v) is 8.25. The van der Waals surface area contributed by atoms with Crippen LogP contribution >= 0.6 is 0 Å². The van der Waals surface area contributed by atoms with E-state index in [-0.39, 0.29) is 19.2 Å². The summed E-state index contributed by atoms with van der Waals surface area (Å²) in [6, 6.07) is 0. The second kappa shape index (κ2) is 5.54. The predicted octanol–water partition coefficient (Wildman–Crippen LogP) is 1.20. The van der Waals surface area contributed by atoms with Crippen LogP contribution in [0.1, 0.15) is 26.2 Å². The number of rotatable bonds is 5. The molecular weight excluding hydrogens is 184 g/mol. The molecule has 4 heteroatoms. The number of hydrogen-bond donors (Lipinski definition) is 0. The summed E-state index contributed by atoms with van der Waals surface area (Å²) >= 11 is 0. The molecule has 1 fully saturated rings. The zero-order chi connectivity index (χ0) is 10.4. The smallest absolute Gasteiger partial charge is 0.224 e. The van der Waals surface area contributed by atoms with Gasteiger partial charge in [0.25, 0.3) is 0 Å². The number of ketones is 2. The van der Waals surface area contributed by atoms with E-state index in [1.807, 2.05) is 6.92 Å². The average Bonchev–Trinajstić information content (AvgIpc) is 2.66. The molecule has 0 saturated carbocycles. The fourth-order valence-corrected chi connectivity index (χ4v) is 1.07. The molecular formula is C10H14O4. The van der Waals surface area contributed by atoms with Crippen molar-refractivity contribution in [3.63, 3.8) is 0 Å². The van der Waals surface area contributed by atoms with Crippen LogP contribution in [0.15, 0.2) is 11.8 Å². The third-order valence-electron chi connectivity index (χ3n) is 1.90. The first kappa shape index (κ1) is 10.9. The van der Waals surface area contributed by atoms with E-state index >= 15 is 0 Å². The van der Waals surface area contributed by atoms with Gasteiger partial charge in [-0.2, -0.15) is 0 Å². The number of unbranched alkanes of at least 4 members (excludes halogenated alkanes) is 1. The summed E-state index contributed by atoms with van der Waals surface area (Å²) < 4.78 is 9.81. The first-order valence-electron chi connectivity index (χ1n) is 4.72. The molecule has 0 atom stereocenters. The van der Waals surface area contributed by atoms with Gasteiger partial charge < -0.3 is 9.47 Å². The molecule has 0 N–H and O–H groups in total. The lowest BCUT2D eigenvalue weighted by atomic mass is 10.1. The van der Waals surface area contributed by atoms with E-state index in [2.05, 4.69) is 0 Å². The van der Waals surface area contributed by atoms with Gasteiger partial charge in [0.05, 0.1) is 0 Å². The molecule has 0 aliphatic carbocycles. The Bertz CT molecular complexity index is 247. The van der Waals surface area contributed by atoms with Gasteiger partial charge in [-0.25, -0.2) is 0 Å². The van der Waals surface area contributed by atoms with Gasteiger partial charge in [-0.3, -0.25) is 9.59 Å². The minimum absolute atomic E-state index is 0.169. The van der Waals surface area contributed by atoms with Crippen LogP contribution in [0.2, 0.25) is 0 Å². The molecule has 1 aliphatic heterocycles. The highest BCUT2D eigenvalue weighted by Gasteiger charge is 2.14. The minimum atomic E-state index is -0.487. The molecule has 1 saturated heterocycles. The zero-order valence-electron chi connectivity index (χ0n) is 8.25. The molecule has 0 bridgehead atoms. The topological polar surface area (TPSA) is 52.6 Å². The van der Waals surface area contributed by atoms with Crippen LogP contribution in [0.3, 0.4) is 0 Å². The van der Waals surface area contributed by atoms with Crippen LogP contribution in [0.4, 0.5) is 0 Å². The Morgan fingerprint density at radius 3 is 2.86 bits per heavy atom. The van der Waals surface area contributed by atoms with Crippen molar-refractivity contribution in [1.29, 1.82) is 0 Å². The molecule has 78 valence electrons. The third-order valence-corrected chi connectivity index (χ3v) is 1.90. The second-order valence-electron chi connectivity index (χ2n) is 3.11. The maximum absolute atomic E-state index is 11.2. The lowest BCUT2D eigenvalue weighted by Gasteiger charge is -1.96. The molecule has 0 aromatic rings. The fraction of sp³-hybridized carbons (Fsp3) is 0.600. The predicted molar refractivity (Wildman–Crippen MR) is 49.5 cm³/mol. The van der Waals surface area contributed by atoms with Gasteiger partial charge in [-0.05, 0) is 6.42 Å². The summed E-state index contributed by atoms with van der Waals surface area (Å²) in [6.07, 6.45) is 3.21. The number of allylic oxidation sites excluding steroid dienone is 1. The lowest BCUT2D eigenvalue weighted by Crippen LogP contribution is -2.11. The van der Waals surface area contributed by atoms with Gasteiger partial charge in [0.15, 0.2) is 6.79 Å². The van der Waals surface area contributed by atoms with Crippen molar-refractivity contribution < 1.29 is 19.1 Å². The van der Waals surface area contributed by atoms with E-state index in [9.17, 15) is 9.59 Å². The Hall–Kier alpha value is -1.16. The van der Waals surface area contributed by atoms with Crippen molar-refractivity contribution in [2.75, 3.05) is 13.4 Å². The number of ether oxygens (including phenoxy) is 2. The quantitative estimate of drug-likeness (QED) is 0.492. The maximum atomic E-state index is 11.2. The Kier molecular flexibility index (Phi) is 4.32. The molecule has 0 radical (unpaired) electrons. The SMILES string of the molecule is CCCCC(=O)C(=O)/C=C1\COCO1. The first-order chi connectivity index (χ1) is 6.74. The van der Waals surface area contributed by atoms with Gasteiger partial charge >= 0.3 is 0 Å². The second-order valence-corrected chi connectivity index (χ2v) is 3.11. The number of hydrogen-bond acceptors (Lipinski definition) is 4. The Morgan fingerprint density at radius 2 is 2.29 bits per heavy atom. The summed E-state index contributed by atoms with van der Waals surface area (Å²) in [5, 5.41) is 0. The number of Topliss-reactive ketones (excluding diaryl/α,β-unsaturated/α-hetero) is 1. The van der Waals surface area contributed by atoms with Gasteiger partial charge in [0.1, 0.15) is 12.4 Å². The molecule has 1 rings (SSSR count). The van der Waals surface area contributed by atoms with Crippen LogP contribution in [0.5, 0.6) is 0 Å². The normalized spacial score (nSPS) is 18.2. The van der Waals surface area contributed by atoms with Crippen molar-refractivity contribution in [3.05, 3.63) is 11.8 Å². The van der Waals surface area contributed by atoms with E-state index in [0.29, 0.717) is 12.2 Å². The van der Waals surface area contributed by atoms with Gasteiger partial charge in [-0.1, -0.05) is 13.3 Å². The summed E-state index contributed by atoms with van der Waals surface area (Å²) in [4.78, 5) is 22.4. The van der Waals surface area contributed by atoms with E-state index in [0.717, 1.165) is 12.8 Å². The van der Waals surface area contributed by atoms with E-state index in [1.165, 1.54) is 6.08 Å². The molecule has 1 aliphatic rings. The van der Waals surface area contributed by atoms with Crippen molar-refractivity contribution in [2.24, 2.45) is 0 Å². The fourth-order valence-electron chi connectivity index (χ4n) is 1.07. The summed E-state index contributed by atoms with van der Waals surface area (Å²) in [7, 11) is 0. The van der Waals surface area contributed by atoms with E-state index in [4.69, 9.17) is 9.47 Å². The van der Waals surface area contributed by atoms with Crippen molar-refractivity contribution in [1.82, 2.24) is 0 Å². The molecule has 4 nitrogen and oxygen atoms in total. The maximum Gasteiger partial charge on any atom is 0.224 e. The number of carbonyl (C=O) groups is 2. The Morgan fingerprint density at radius 1 is 1.50 bits per heavy atom. The lowest BCUT2D eigenvalue weighted by molar-refractivity contribution is -0.134. The highest BCUT2D eigenvalue weighted by Crippen LogP contribution is 2.07. The molecule has 14 heavy (non-hydrogen) atoms. The van der Waals surface area contributed by atoms with Crippen LogP contribution in [-0.4, -0.2) is 25.0 Å². The number of carbonyl (C=O) groups excluding carboxylic acids is 2. The highest BCUT2D eigenvalue weighted by molar-refractivity contribution is 6.41. The van der Waals surface area contributed by atoms with Crippen LogP contribution < -0.4 is 0 Å². The molecule has 1 heterocycles. The van der Waals surface area contributed by atoms with Crippen molar-refractivity contribution >= 4 is 11.6 Å². The Labute approximate surface area is 82.9 Å². The molecule has 0 spiro atoms. The first-order valence-corrected chi connectivity index (χ1v) is 4.72. The monoisotopic (exact) mass is 198 g/mol. The van der Waals surface area contributed by atoms with Gasteiger partial charge in [-0.15, -0.1) is 0 Å². The van der Waals surface area contributed by atoms with Crippen LogP contribution in [0.25, 0.3) is 0 Å². The Balaban J connectivity index is 2.40. The van der Waals surface area contributed by atoms with Crippen LogP contribution in [-0.2, 0) is 19.1 Å². The van der Waals surface area contributed by atoms with E-state index in [1.54, 1.807) is 0 Å². The molecule has 0 aromatic heterocycles. The highest BCUT2D eigenvalue weighted by atomic mass is 16.7. The average molecular weight is 198 g/mol. The summed E-state index contributed by atoms with van der Waals surface area (Å²) in [5.41, 5.74) is 0. The summed E-state index contributed by atoms with van der Waals surface area (Å²) in [6.45, 7) is 2.43. The summed E-state index contributed by atoms with van der Waals surface area (Å²) in [5.74, 6) is -0.395. The molecule has 0 aromatic carbocycles. The minimum Gasteiger partial charge on any atom is -0.469 e. The van der Waals surface area contributed by atoms with Crippen molar-refractivity contribution in [3.8, 4) is 0 Å². The van der Waals surface area contributed by atoms with Gasteiger partial charge in [0, 0.05) is 12.5 Å². The standard InChI is InChI=1S/C10H14O4/c1-2-3-4-9(11)10(12)5-8-6-13-7-14-8/h5H,2-4,6-7H2,1H3/b8-5+. The van der Waals surface area contributed by atoms with Crippen LogP contribution in [0, 0.1) is 0 Å². The largest absolute Gasteiger partial charge is 0.469 e. The molecule has 0 amide bonds. The van der Waals surface area contributed by atoms with Crippen molar-refractivity contribution in [2.45, 2.75) is 26.2 Å². The third kappa shape index (κ3) is 3.30. The van der Waals surface area contributed by atoms with E-state index < -0.39 is 5.78 Å².